The third-order valence-electron chi connectivity index (χ3n) is 18.3. The van der Waals surface area contributed by atoms with E-state index in [0.717, 1.165) is 22.7 Å². The van der Waals surface area contributed by atoms with Gasteiger partial charge in [-0.25, -0.2) is 0 Å². The van der Waals surface area contributed by atoms with E-state index in [1.165, 1.54) is 123 Å². The summed E-state index contributed by atoms with van der Waals surface area (Å²) in [6.45, 7) is 4.78. The fourth-order valence-electron chi connectivity index (χ4n) is 14.3. The lowest BCUT2D eigenvalue weighted by Gasteiger charge is -2.42. The van der Waals surface area contributed by atoms with E-state index in [4.69, 9.17) is 0 Å². The molecule has 0 N–H and O–H groups in total. The molecule has 0 aromatic heterocycles. The molecule has 0 fully saturated rings. The highest BCUT2D eigenvalue weighted by molar-refractivity contribution is 6.01. The van der Waals surface area contributed by atoms with Crippen molar-refractivity contribution in [1.82, 2.24) is 0 Å². The van der Waals surface area contributed by atoms with Gasteiger partial charge in [0.1, 0.15) is 0 Å². The second-order valence-corrected chi connectivity index (χ2v) is 23.2. The van der Waals surface area contributed by atoms with Crippen LogP contribution in [0, 0.1) is 0 Å². The monoisotopic (exact) mass is 1070 g/mol. The van der Waals surface area contributed by atoms with Crippen LogP contribution < -0.4 is 9.80 Å². The Morgan fingerprint density at radius 3 is 1.08 bits per heavy atom. The third kappa shape index (κ3) is 7.71. The molecule has 396 valence electrons. The van der Waals surface area contributed by atoms with Crippen LogP contribution in [-0.2, 0) is 10.8 Å². The van der Waals surface area contributed by atoms with Gasteiger partial charge in [0.25, 0.3) is 0 Å². The van der Waals surface area contributed by atoms with Crippen LogP contribution in [-0.4, -0.2) is 0 Å². The summed E-state index contributed by atoms with van der Waals surface area (Å²) in [6.07, 6.45) is 0. The Balaban J connectivity index is 0.854. The van der Waals surface area contributed by atoms with Crippen molar-refractivity contribution < 1.29 is 0 Å². The molecular weight excluding hydrogens is 1010 g/mol. The second kappa shape index (κ2) is 19.6. The van der Waals surface area contributed by atoms with Crippen molar-refractivity contribution >= 4 is 34.1 Å². The standard InChI is InChI=1S/C82H58N2/c1-81(2)75-53-63(57-24-11-5-12-25-57)41-50-77(75)84(78-51-42-64(54-76(78)81)58-26-13-6-14-27-58)67-47-38-61(39-48-67)62-40-49-70-71-30-19-33-79(80(71)82(74(70)52-62)72-31-17-15-28-68(72)69-29-16-18-32-73(69)82)83(65-43-34-59(35-44-65)55-20-7-3-8-21-55)66-45-36-60(37-46-66)56-22-9-4-10-23-56/h3-54H,1-2H3. The van der Waals surface area contributed by atoms with Gasteiger partial charge in [0.05, 0.1) is 22.5 Å². The molecule has 84 heavy (non-hydrogen) atoms. The van der Waals surface area contributed by atoms with E-state index < -0.39 is 5.41 Å². The first-order valence-corrected chi connectivity index (χ1v) is 29.3. The predicted molar refractivity (Wildman–Crippen MR) is 351 cm³/mol. The molecule has 13 aromatic carbocycles. The molecule has 1 heterocycles. The summed E-state index contributed by atoms with van der Waals surface area (Å²) in [7, 11) is 0. The molecule has 2 heteroatoms. The fraction of sp³-hybridized carbons (Fsp3) is 0.0488. The highest BCUT2D eigenvalue weighted by Gasteiger charge is 2.53. The lowest BCUT2D eigenvalue weighted by atomic mass is 9.69. The lowest BCUT2D eigenvalue weighted by Crippen LogP contribution is -2.30. The molecule has 13 aromatic rings. The smallest absolute Gasteiger partial charge is 0.0746 e. The topological polar surface area (TPSA) is 6.48 Å². The number of anilines is 6. The SMILES string of the molecule is CC1(C)c2cc(-c3ccccc3)ccc2N(c2ccc(-c3ccc4c(c3)C3(c5ccccc5-c5ccccc53)c3c-4cccc3N(c3ccc(-c4ccccc4)cc3)c3ccc(-c4ccccc4)cc3)cc2)c2ccc(-c3ccccc3)cc21. The minimum absolute atomic E-state index is 0.275. The molecule has 0 amide bonds. The Bertz CT molecular complexity index is 4420. The van der Waals surface area contributed by atoms with Crippen LogP contribution >= 0.6 is 0 Å². The zero-order valence-corrected chi connectivity index (χ0v) is 46.9. The van der Waals surface area contributed by atoms with Crippen LogP contribution in [0.1, 0.15) is 47.2 Å². The highest BCUT2D eigenvalue weighted by Crippen LogP contribution is 2.66. The van der Waals surface area contributed by atoms with Gasteiger partial charge in [-0.05, 0) is 179 Å². The normalized spacial score (nSPS) is 13.5. The van der Waals surface area contributed by atoms with Crippen LogP contribution in [0.4, 0.5) is 34.1 Å². The maximum atomic E-state index is 2.52. The van der Waals surface area contributed by atoms with Crippen molar-refractivity contribution in [3.63, 3.8) is 0 Å². The van der Waals surface area contributed by atoms with Gasteiger partial charge in [0.15, 0.2) is 0 Å². The molecule has 0 radical (unpaired) electrons. The van der Waals surface area contributed by atoms with Gasteiger partial charge < -0.3 is 9.80 Å². The van der Waals surface area contributed by atoms with E-state index in [9.17, 15) is 0 Å². The Kier molecular flexibility index (Phi) is 11.5. The third-order valence-corrected chi connectivity index (χ3v) is 18.3. The van der Waals surface area contributed by atoms with Gasteiger partial charge in [-0.1, -0.05) is 257 Å². The van der Waals surface area contributed by atoms with E-state index in [-0.39, 0.29) is 5.41 Å². The van der Waals surface area contributed by atoms with Crippen molar-refractivity contribution in [2.45, 2.75) is 24.7 Å². The van der Waals surface area contributed by atoms with Crippen LogP contribution in [0.25, 0.3) is 77.9 Å². The van der Waals surface area contributed by atoms with Gasteiger partial charge in [-0.15, -0.1) is 0 Å². The van der Waals surface area contributed by atoms with E-state index in [1.807, 2.05) is 0 Å². The molecule has 0 saturated heterocycles. The van der Waals surface area contributed by atoms with Crippen molar-refractivity contribution in [3.8, 4) is 77.9 Å². The van der Waals surface area contributed by atoms with E-state index in [2.05, 4.69) is 339 Å². The summed E-state index contributed by atoms with van der Waals surface area (Å²) in [5.74, 6) is 0. The van der Waals surface area contributed by atoms with Gasteiger partial charge in [-0.3, -0.25) is 0 Å². The van der Waals surface area contributed by atoms with Crippen molar-refractivity contribution in [1.29, 1.82) is 0 Å². The Hall–Kier alpha value is -10.5. The summed E-state index contributed by atoms with van der Waals surface area (Å²) < 4.78 is 0. The predicted octanol–water partition coefficient (Wildman–Crippen LogP) is 21.9. The molecule has 2 nitrogen and oxygen atoms in total. The minimum atomic E-state index is -0.637. The Labute approximate surface area is 492 Å². The molecule has 0 saturated carbocycles. The van der Waals surface area contributed by atoms with Crippen LogP contribution in [0.5, 0.6) is 0 Å². The molecular formula is C82H58N2. The maximum absolute atomic E-state index is 2.52. The van der Waals surface area contributed by atoms with Crippen LogP contribution in [0.3, 0.4) is 0 Å². The zero-order chi connectivity index (χ0) is 55.9. The number of fused-ring (bicyclic) bond motifs is 12. The number of rotatable bonds is 9. The first kappa shape index (κ1) is 49.3. The molecule has 1 aliphatic heterocycles. The van der Waals surface area contributed by atoms with E-state index in [0.29, 0.717) is 0 Å². The van der Waals surface area contributed by atoms with Crippen molar-refractivity contribution in [2.75, 3.05) is 9.80 Å². The minimum Gasteiger partial charge on any atom is -0.310 e. The summed E-state index contributed by atoms with van der Waals surface area (Å²) in [5.41, 5.74) is 30.8. The molecule has 3 aliphatic rings. The Morgan fingerprint density at radius 2 is 0.607 bits per heavy atom. The summed E-state index contributed by atoms with van der Waals surface area (Å²) in [6, 6.07) is 117. The average Bonchev–Trinajstić information content (AvgIpc) is 1.51. The van der Waals surface area contributed by atoms with Gasteiger partial charge in [0, 0.05) is 28.0 Å². The quantitative estimate of drug-likeness (QED) is 0.142. The second-order valence-electron chi connectivity index (χ2n) is 23.2. The number of nitrogens with zero attached hydrogens (tertiary/aromatic N) is 2. The molecule has 16 rings (SSSR count). The molecule has 1 spiro atoms. The van der Waals surface area contributed by atoms with E-state index >= 15 is 0 Å². The number of hydrogen-bond donors (Lipinski definition) is 0. The summed E-state index contributed by atoms with van der Waals surface area (Å²) in [4.78, 5) is 4.99. The number of hydrogen-bond acceptors (Lipinski definition) is 2. The molecule has 0 bridgehead atoms. The molecule has 0 atom stereocenters. The van der Waals surface area contributed by atoms with Crippen LogP contribution in [0.15, 0.2) is 315 Å². The first-order chi connectivity index (χ1) is 41.4. The molecule has 2 aliphatic carbocycles. The largest absolute Gasteiger partial charge is 0.310 e. The van der Waals surface area contributed by atoms with Gasteiger partial charge in [-0.2, -0.15) is 0 Å². The maximum Gasteiger partial charge on any atom is 0.0746 e. The molecule has 0 unspecified atom stereocenters. The van der Waals surface area contributed by atoms with Crippen molar-refractivity contribution in [3.05, 3.63) is 349 Å². The van der Waals surface area contributed by atoms with E-state index in [1.54, 1.807) is 0 Å². The zero-order valence-electron chi connectivity index (χ0n) is 46.9. The van der Waals surface area contributed by atoms with Crippen LogP contribution in [0.2, 0.25) is 0 Å². The average molecular weight is 1070 g/mol. The van der Waals surface area contributed by atoms with Gasteiger partial charge in [0.2, 0.25) is 0 Å². The Morgan fingerprint density at radius 1 is 0.262 bits per heavy atom. The summed E-state index contributed by atoms with van der Waals surface area (Å²) >= 11 is 0. The lowest BCUT2D eigenvalue weighted by molar-refractivity contribution is 0.632. The fourth-order valence-corrected chi connectivity index (χ4v) is 14.3. The first-order valence-electron chi connectivity index (χ1n) is 29.3. The number of benzene rings is 13. The van der Waals surface area contributed by atoms with Crippen molar-refractivity contribution in [2.24, 2.45) is 0 Å². The highest BCUT2D eigenvalue weighted by atomic mass is 15.2. The summed E-state index contributed by atoms with van der Waals surface area (Å²) in [5, 5.41) is 0. The van der Waals surface area contributed by atoms with Gasteiger partial charge >= 0.3 is 0 Å².